The van der Waals surface area contributed by atoms with Crippen LogP contribution in [0.2, 0.25) is 0 Å². The number of hydrogen-bond acceptors (Lipinski definition) is 4. The van der Waals surface area contributed by atoms with E-state index in [9.17, 15) is 26.7 Å². The van der Waals surface area contributed by atoms with E-state index in [-0.39, 0.29) is 12.0 Å². The van der Waals surface area contributed by atoms with Crippen molar-refractivity contribution < 1.29 is 40.8 Å². The van der Waals surface area contributed by atoms with Gasteiger partial charge in [-0.05, 0) is 45.3 Å². The number of carbonyl (C=O) groups excluding carboxylic acids is 1. The van der Waals surface area contributed by atoms with Crippen LogP contribution in [0.15, 0.2) is 18.2 Å². The molecule has 0 unspecified atom stereocenters. The maximum atomic E-state index is 13.4. The van der Waals surface area contributed by atoms with Gasteiger partial charge in [-0.25, -0.2) is 8.78 Å². The molecule has 0 aromatic heterocycles. The quantitative estimate of drug-likeness (QED) is 0.555. The van der Waals surface area contributed by atoms with Crippen molar-refractivity contribution >= 4 is 18.5 Å². The zero-order valence-electron chi connectivity index (χ0n) is 16.4. The van der Waals surface area contributed by atoms with E-state index < -0.39 is 60.8 Å². The highest BCUT2D eigenvalue weighted by Crippen LogP contribution is 2.37. The largest absolute Gasteiger partial charge is 0.573 e. The van der Waals surface area contributed by atoms with E-state index in [0.29, 0.717) is 0 Å². The predicted molar refractivity (Wildman–Crippen MR) is 94.3 cm³/mol. The molecule has 5 nitrogen and oxygen atoms in total. The van der Waals surface area contributed by atoms with Crippen molar-refractivity contribution in [1.82, 2.24) is 4.90 Å². The van der Waals surface area contributed by atoms with Crippen LogP contribution in [0.3, 0.4) is 0 Å². The fourth-order valence-electron chi connectivity index (χ4n) is 3.13. The first-order chi connectivity index (χ1) is 13.1. The molecule has 1 amide bonds. The van der Waals surface area contributed by atoms with Crippen molar-refractivity contribution in [1.29, 1.82) is 0 Å². The number of halogens is 5. The van der Waals surface area contributed by atoms with Crippen molar-refractivity contribution in [3.05, 3.63) is 23.8 Å². The molecule has 0 aliphatic carbocycles. The molecular formula is C18H21BF5NO4. The summed E-state index contributed by atoms with van der Waals surface area (Å²) in [5, 5.41) is 0. The number of benzene rings is 1. The minimum Gasteiger partial charge on any atom is -0.405 e. The lowest BCUT2D eigenvalue weighted by molar-refractivity contribution is -0.274. The summed E-state index contributed by atoms with van der Waals surface area (Å²) in [6.07, 6.45) is -5.61. The van der Waals surface area contributed by atoms with Crippen LogP contribution < -0.4 is 10.2 Å². The number of carbonyl (C=O) groups is 1. The van der Waals surface area contributed by atoms with Gasteiger partial charge in [0.05, 0.1) is 23.3 Å². The molecule has 2 saturated heterocycles. The van der Waals surface area contributed by atoms with E-state index in [1.54, 1.807) is 27.7 Å². The van der Waals surface area contributed by atoms with Crippen LogP contribution in [0.4, 0.5) is 22.0 Å². The molecule has 0 spiro atoms. The average Bonchev–Trinajstić information content (AvgIpc) is 3.01. The Morgan fingerprint density at radius 1 is 1.14 bits per heavy atom. The first kappa shape index (κ1) is 21.8. The molecule has 0 bridgehead atoms. The second kappa shape index (κ2) is 6.83. The van der Waals surface area contributed by atoms with Crippen LogP contribution in [0.5, 0.6) is 5.75 Å². The Hall–Kier alpha value is -1.88. The SMILES string of the molecule is CC1(C)OB(c2ccc(C(=O)N3CCC(F)(F)C3)c(OC(F)(F)F)c2)OC1(C)C. The van der Waals surface area contributed by atoms with Crippen molar-refractivity contribution in [3.63, 3.8) is 0 Å². The van der Waals surface area contributed by atoms with E-state index in [0.717, 1.165) is 17.0 Å². The highest BCUT2D eigenvalue weighted by atomic mass is 19.4. The molecule has 0 saturated carbocycles. The number of rotatable bonds is 3. The van der Waals surface area contributed by atoms with Gasteiger partial charge in [0.1, 0.15) is 5.75 Å². The van der Waals surface area contributed by atoms with Crippen LogP contribution >= 0.6 is 0 Å². The zero-order chi connectivity index (χ0) is 21.8. The number of amides is 1. The van der Waals surface area contributed by atoms with Crippen LogP contribution in [0.25, 0.3) is 0 Å². The monoisotopic (exact) mass is 421 g/mol. The molecule has 2 aliphatic rings. The Labute approximate surface area is 165 Å². The Balaban J connectivity index is 1.93. The molecule has 0 atom stereocenters. The predicted octanol–water partition coefficient (Wildman–Crippen LogP) is 3.37. The van der Waals surface area contributed by atoms with Crippen LogP contribution in [-0.4, -0.2) is 54.5 Å². The first-order valence-corrected chi connectivity index (χ1v) is 9.03. The third-order valence-electron chi connectivity index (χ3n) is 5.44. The lowest BCUT2D eigenvalue weighted by Crippen LogP contribution is -2.41. The highest BCUT2D eigenvalue weighted by molar-refractivity contribution is 6.62. The van der Waals surface area contributed by atoms with Gasteiger partial charge >= 0.3 is 13.5 Å². The molecule has 3 rings (SSSR count). The molecule has 11 heteroatoms. The summed E-state index contributed by atoms with van der Waals surface area (Å²) in [7, 11) is -0.976. The molecule has 2 aliphatic heterocycles. The van der Waals surface area contributed by atoms with Crippen molar-refractivity contribution in [2.75, 3.05) is 13.1 Å². The number of nitrogens with zero attached hydrogens (tertiary/aromatic N) is 1. The highest BCUT2D eigenvalue weighted by Gasteiger charge is 2.52. The summed E-state index contributed by atoms with van der Waals surface area (Å²) in [5.74, 6) is -4.81. The first-order valence-electron chi connectivity index (χ1n) is 9.03. The summed E-state index contributed by atoms with van der Waals surface area (Å²) in [6.45, 7) is 6.03. The molecule has 29 heavy (non-hydrogen) atoms. The molecular weight excluding hydrogens is 400 g/mol. The summed E-state index contributed by atoms with van der Waals surface area (Å²) in [4.78, 5) is 13.4. The fraction of sp³-hybridized carbons (Fsp3) is 0.611. The smallest absolute Gasteiger partial charge is 0.405 e. The summed E-state index contributed by atoms with van der Waals surface area (Å²) >= 11 is 0. The second-order valence-electron chi connectivity index (χ2n) is 8.22. The van der Waals surface area contributed by atoms with Gasteiger partial charge in [0.15, 0.2) is 0 Å². The van der Waals surface area contributed by atoms with Gasteiger partial charge in [-0.3, -0.25) is 4.79 Å². The van der Waals surface area contributed by atoms with Crippen molar-refractivity contribution in [2.45, 2.75) is 57.6 Å². The van der Waals surface area contributed by atoms with Crippen LogP contribution in [-0.2, 0) is 9.31 Å². The maximum Gasteiger partial charge on any atom is 0.573 e. The molecule has 2 heterocycles. The van der Waals surface area contributed by atoms with Gasteiger partial charge in [0.25, 0.3) is 11.8 Å². The number of alkyl halides is 5. The van der Waals surface area contributed by atoms with Gasteiger partial charge in [-0.15, -0.1) is 13.2 Å². The normalized spacial score (nSPS) is 22.8. The van der Waals surface area contributed by atoms with Crippen LogP contribution in [0.1, 0.15) is 44.5 Å². The summed E-state index contributed by atoms with van der Waals surface area (Å²) in [6, 6.07) is 3.48. The van der Waals surface area contributed by atoms with Gasteiger partial charge in [0, 0.05) is 13.0 Å². The Morgan fingerprint density at radius 2 is 1.72 bits per heavy atom. The van der Waals surface area contributed by atoms with Gasteiger partial charge in [-0.2, -0.15) is 0 Å². The van der Waals surface area contributed by atoms with Gasteiger partial charge < -0.3 is 18.9 Å². The minimum absolute atomic E-state index is 0.214. The number of hydrogen-bond donors (Lipinski definition) is 0. The summed E-state index contributed by atoms with van der Waals surface area (Å²) in [5.41, 5.74) is -1.69. The van der Waals surface area contributed by atoms with Crippen molar-refractivity contribution in [2.24, 2.45) is 0 Å². The lowest BCUT2D eigenvalue weighted by Gasteiger charge is -2.32. The number of likely N-dealkylation sites (tertiary alicyclic amines) is 1. The van der Waals surface area contributed by atoms with E-state index in [2.05, 4.69) is 4.74 Å². The zero-order valence-corrected chi connectivity index (χ0v) is 16.4. The second-order valence-corrected chi connectivity index (χ2v) is 8.22. The van der Waals surface area contributed by atoms with Crippen molar-refractivity contribution in [3.8, 4) is 5.75 Å². The molecule has 0 radical (unpaired) electrons. The summed E-state index contributed by atoms with van der Waals surface area (Å²) < 4.78 is 81.2. The van der Waals surface area contributed by atoms with Gasteiger partial charge in [-0.1, -0.05) is 6.07 Å². The van der Waals surface area contributed by atoms with Gasteiger partial charge in [0.2, 0.25) is 0 Å². The average molecular weight is 421 g/mol. The molecule has 1 aromatic rings. The van der Waals surface area contributed by atoms with Crippen LogP contribution in [0, 0.1) is 0 Å². The third-order valence-corrected chi connectivity index (χ3v) is 5.44. The van der Waals surface area contributed by atoms with E-state index in [1.807, 2.05) is 0 Å². The molecule has 160 valence electrons. The van der Waals surface area contributed by atoms with E-state index >= 15 is 0 Å². The number of ether oxygens (including phenoxy) is 1. The molecule has 1 aromatic carbocycles. The fourth-order valence-corrected chi connectivity index (χ4v) is 3.13. The van der Waals surface area contributed by atoms with E-state index in [1.165, 1.54) is 6.07 Å². The third kappa shape index (κ3) is 4.50. The maximum absolute atomic E-state index is 13.4. The molecule has 2 fully saturated rings. The van der Waals surface area contributed by atoms with E-state index in [4.69, 9.17) is 9.31 Å². The molecule has 0 N–H and O–H groups in total. The Bertz CT molecular complexity index is 796. The standard InChI is InChI=1S/C18H21BF5NO4/c1-15(2)16(3,4)29-19(28-15)11-5-6-12(13(9-11)27-18(22,23)24)14(26)25-8-7-17(20,21)10-25/h5-6,9H,7-8,10H2,1-4H3. The Morgan fingerprint density at radius 3 is 2.21 bits per heavy atom. The minimum atomic E-state index is -5.07. The Kier molecular flexibility index (Phi) is 5.14. The topological polar surface area (TPSA) is 48.0 Å². The lowest BCUT2D eigenvalue weighted by atomic mass is 9.78.